The molecule has 0 aromatic carbocycles. The van der Waals surface area contributed by atoms with Gasteiger partial charge < -0.3 is 9.32 Å². The van der Waals surface area contributed by atoms with Gasteiger partial charge in [-0.15, -0.1) is 0 Å². The summed E-state index contributed by atoms with van der Waals surface area (Å²) in [6.45, 7) is 5.80. The first-order valence-electron chi connectivity index (χ1n) is 9.19. The Balaban J connectivity index is 1.54. The molecule has 1 saturated heterocycles. The number of piperidine rings is 1. The molecule has 5 heteroatoms. The molecule has 2 aromatic rings. The van der Waals surface area contributed by atoms with Gasteiger partial charge in [0.1, 0.15) is 5.76 Å². The highest BCUT2D eigenvalue weighted by Crippen LogP contribution is 2.19. The standard InChI is InChI=1S/C20H27N3O2/c1-2-22(15-17-9-11-21-12-10-17)18-5-3-13-23(16-18)20(24)8-7-19-6-4-14-25-19/h4,6,9-12,14,18H,2-3,5,7-8,13,15-16H2,1H3. The van der Waals surface area contributed by atoms with E-state index in [9.17, 15) is 4.79 Å². The quantitative estimate of drug-likeness (QED) is 0.776. The normalized spacial score (nSPS) is 17.8. The minimum absolute atomic E-state index is 0.237. The molecule has 25 heavy (non-hydrogen) atoms. The minimum atomic E-state index is 0.237. The average molecular weight is 341 g/mol. The summed E-state index contributed by atoms with van der Waals surface area (Å²) in [5, 5.41) is 0. The van der Waals surface area contributed by atoms with E-state index in [1.165, 1.54) is 5.56 Å². The lowest BCUT2D eigenvalue weighted by Crippen LogP contribution is -2.49. The number of likely N-dealkylation sites (tertiary alicyclic amines) is 1. The number of amides is 1. The predicted octanol–water partition coefficient (Wildman–Crippen LogP) is 3.12. The summed E-state index contributed by atoms with van der Waals surface area (Å²) in [5.41, 5.74) is 1.28. The fourth-order valence-electron chi connectivity index (χ4n) is 3.54. The van der Waals surface area contributed by atoms with Crippen LogP contribution in [0.4, 0.5) is 0 Å². The first-order chi connectivity index (χ1) is 12.3. The third kappa shape index (κ3) is 4.92. The van der Waals surface area contributed by atoms with Crippen molar-refractivity contribution >= 4 is 5.91 Å². The van der Waals surface area contributed by atoms with Crippen LogP contribution in [0.3, 0.4) is 0 Å². The molecular formula is C20H27N3O2. The predicted molar refractivity (Wildman–Crippen MR) is 97.0 cm³/mol. The molecule has 0 spiro atoms. The highest BCUT2D eigenvalue weighted by atomic mass is 16.3. The van der Waals surface area contributed by atoms with Crippen molar-refractivity contribution in [2.45, 2.75) is 45.2 Å². The Morgan fingerprint density at radius 2 is 2.20 bits per heavy atom. The molecule has 1 amide bonds. The summed E-state index contributed by atoms with van der Waals surface area (Å²) in [6.07, 6.45) is 8.78. The lowest BCUT2D eigenvalue weighted by atomic mass is 10.0. The Kier molecular flexibility index (Phi) is 6.23. The third-order valence-electron chi connectivity index (χ3n) is 4.97. The fourth-order valence-corrected chi connectivity index (χ4v) is 3.54. The molecule has 5 nitrogen and oxygen atoms in total. The van der Waals surface area contributed by atoms with Crippen molar-refractivity contribution in [3.63, 3.8) is 0 Å². The van der Waals surface area contributed by atoms with Gasteiger partial charge in [-0.25, -0.2) is 0 Å². The van der Waals surface area contributed by atoms with Crippen molar-refractivity contribution in [3.8, 4) is 0 Å². The SMILES string of the molecule is CCN(Cc1ccncc1)C1CCCN(C(=O)CCc2ccco2)C1. The number of pyridine rings is 1. The van der Waals surface area contributed by atoms with Crippen molar-refractivity contribution in [2.75, 3.05) is 19.6 Å². The van der Waals surface area contributed by atoms with E-state index >= 15 is 0 Å². The van der Waals surface area contributed by atoms with Crippen molar-refractivity contribution in [2.24, 2.45) is 0 Å². The number of likely N-dealkylation sites (N-methyl/N-ethyl adjacent to an activating group) is 1. The van der Waals surface area contributed by atoms with Crippen LogP contribution in [0.5, 0.6) is 0 Å². The van der Waals surface area contributed by atoms with Gasteiger partial charge in [0.25, 0.3) is 0 Å². The average Bonchev–Trinajstić information content (AvgIpc) is 3.19. The van der Waals surface area contributed by atoms with Gasteiger partial charge in [0.2, 0.25) is 5.91 Å². The van der Waals surface area contributed by atoms with Gasteiger partial charge in [0, 0.05) is 50.9 Å². The molecule has 1 unspecified atom stereocenters. The van der Waals surface area contributed by atoms with Crippen molar-refractivity contribution < 1.29 is 9.21 Å². The lowest BCUT2D eigenvalue weighted by molar-refractivity contribution is -0.133. The number of rotatable bonds is 7. The van der Waals surface area contributed by atoms with Crippen LogP contribution in [-0.4, -0.2) is 46.4 Å². The molecule has 0 saturated carbocycles. The molecule has 0 bridgehead atoms. The highest BCUT2D eigenvalue weighted by molar-refractivity contribution is 5.76. The number of aromatic nitrogens is 1. The maximum Gasteiger partial charge on any atom is 0.223 e. The van der Waals surface area contributed by atoms with E-state index < -0.39 is 0 Å². The van der Waals surface area contributed by atoms with Crippen LogP contribution in [0.25, 0.3) is 0 Å². The van der Waals surface area contributed by atoms with Gasteiger partial charge in [0.05, 0.1) is 6.26 Å². The van der Waals surface area contributed by atoms with Gasteiger partial charge in [-0.05, 0) is 49.2 Å². The Bertz CT molecular complexity index is 642. The summed E-state index contributed by atoms with van der Waals surface area (Å²) < 4.78 is 5.33. The zero-order valence-electron chi connectivity index (χ0n) is 14.9. The van der Waals surface area contributed by atoms with E-state index in [0.717, 1.165) is 44.8 Å². The molecule has 1 aliphatic heterocycles. The molecule has 1 atom stereocenters. The zero-order valence-corrected chi connectivity index (χ0v) is 14.9. The van der Waals surface area contributed by atoms with E-state index in [1.807, 2.05) is 29.4 Å². The van der Waals surface area contributed by atoms with Crippen LogP contribution < -0.4 is 0 Å². The molecule has 1 fully saturated rings. The number of hydrogen-bond acceptors (Lipinski definition) is 4. The van der Waals surface area contributed by atoms with E-state index in [0.29, 0.717) is 18.9 Å². The summed E-state index contributed by atoms with van der Waals surface area (Å²) in [5.74, 6) is 1.12. The van der Waals surface area contributed by atoms with Gasteiger partial charge in [0.15, 0.2) is 0 Å². The highest BCUT2D eigenvalue weighted by Gasteiger charge is 2.27. The third-order valence-corrected chi connectivity index (χ3v) is 4.97. The number of nitrogens with zero attached hydrogens (tertiary/aromatic N) is 3. The Hall–Kier alpha value is -2.14. The zero-order chi connectivity index (χ0) is 17.5. The molecule has 2 aromatic heterocycles. The molecule has 0 radical (unpaired) electrons. The fraction of sp³-hybridized carbons (Fsp3) is 0.500. The van der Waals surface area contributed by atoms with Crippen molar-refractivity contribution in [1.82, 2.24) is 14.8 Å². The first kappa shape index (κ1) is 17.7. The van der Waals surface area contributed by atoms with E-state index in [1.54, 1.807) is 6.26 Å². The van der Waals surface area contributed by atoms with Crippen molar-refractivity contribution in [1.29, 1.82) is 0 Å². The molecule has 1 aliphatic rings. The largest absolute Gasteiger partial charge is 0.469 e. The maximum atomic E-state index is 12.6. The molecule has 0 N–H and O–H groups in total. The second kappa shape index (κ2) is 8.81. The molecule has 0 aliphatic carbocycles. The van der Waals surface area contributed by atoms with Crippen molar-refractivity contribution in [3.05, 3.63) is 54.2 Å². The van der Waals surface area contributed by atoms with Gasteiger partial charge in [-0.1, -0.05) is 6.92 Å². The summed E-state index contributed by atoms with van der Waals surface area (Å²) >= 11 is 0. The lowest BCUT2D eigenvalue weighted by Gasteiger charge is -2.39. The number of carbonyl (C=O) groups is 1. The van der Waals surface area contributed by atoms with Crippen LogP contribution in [0, 0.1) is 0 Å². The number of aryl methyl sites for hydroxylation is 1. The molecule has 3 heterocycles. The van der Waals surface area contributed by atoms with Crippen LogP contribution in [0.1, 0.15) is 37.5 Å². The topological polar surface area (TPSA) is 49.6 Å². The molecular weight excluding hydrogens is 314 g/mol. The monoisotopic (exact) mass is 341 g/mol. The van der Waals surface area contributed by atoms with Crippen LogP contribution in [-0.2, 0) is 17.8 Å². The van der Waals surface area contributed by atoms with E-state index in [-0.39, 0.29) is 5.91 Å². The number of furan rings is 1. The molecule has 3 rings (SSSR count). The van der Waals surface area contributed by atoms with Gasteiger partial charge in [-0.3, -0.25) is 14.7 Å². The summed E-state index contributed by atoms with van der Waals surface area (Å²) in [7, 11) is 0. The van der Waals surface area contributed by atoms with Crippen LogP contribution in [0.15, 0.2) is 47.3 Å². The number of hydrogen-bond donors (Lipinski definition) is 0. The number of carbonyl (C=O) groups excluding carboxylic acids is 1. The minimum Gasteiger partial charge on any atom is -0.469 e. The summed E-state index contributed by atoms with van der Waals surface area (Å²) in [4.78, 5) is 21.2. The molecule has 134 valence electrons. The van der Waals surface area contributed by atoms with Crippen LogP contribution >= 0.6 is 0 Å². The van der Waals surface area contributed by atoms with Gasteiger partial charge in [-0.2, -0.15) is 0 Å². The first-order valence-corrected chi connectivity index (χ1v) is 9.19. The Labute approximate surface area is 149 Å². The summed E-state index contributed by atoms with van der Waals surface area (Å²) in [6, 6.07) is 8.36. The van der Waals surface area contributed by atoms with Crippen LogP contribution in [0.2, 0.25) is 0 Å². The smallest absolute Gasteiger partial charge is 0.223 e. The Morgan fingerprint density at radius 3 is 2.92 bits per heavy atom. The van der Waals surface area contributed by atoms with Gasteiger partial charge >= 0.3 is 0 Å². The maximum absolute atomic E-state index is 12.6. The Morgan fingerprint density at radius 1 is 1.36 bits per heavy atom. The van der Waals surface area contributed by atoms with E-state index in [4.69, 9.17) is 4.42 Å². The second-order valence-corrected chi connectivity index (χ2v) is 6.63. The second-order valence-electron chi connectivity index (χ2n) is 6.63. The van der Waals surface area contributed by atoms with E-state index in [2.05, 4.69) is 28.9 Å².